The molecule has 27 heavy (non-hydrogen) atoms. The smallest absolute Gasteiger partial charge is 0.320 e. The van der Waals surface area contributed by atoms with Crippen LogP contribution in [0.3, 0.4) is 0 Å². The second-order valence-electron chi connectivity index (χ2n) is 8.24. The fraction of sp³-hybridized carbons (Fsp3) is 0.650. The minimum atomic E-state index is -1.27. The second-order valence-corrected chi connectivity index (χ2v) is 8.24. The zero-order chi connectivity index (χ0) is 19.0. The number of aliphatic hydroxyl groups is 1. The third-order valence-corrected chi connectivity index (χ3v) is 6.10. The maximum absolute atomic E-state index is 12.6. The number of fused-ring (bicyclic) bond motifs is 1. The van der Waals surface area contributed by atoms with Gasteiger partial charge in [0.15, 0.2) is 0 Å². The number of pyridine rings is 1. The molecule has 0 bridgehead atoms. The maximum Gasteiger partial charge on any atom is 0.320 e. The first-order valence-electron chi connectivity index (χ1n) is 9.90. The number of likely N-dealkylation sites (tertiary alicyclic amines) is 2. The van der Waals surface area contributed by atoms with Gasteiger partial charge in [0.2, 0.25) is 0 Å². The number of nitrogens with zero attached hydrogens (tertiary/aromatic N) is 3. The first-order chi connectivity index (χ1) is 12.9. The highest BCUT2D eigenvalue weighted by atomic mass is 16.4. The molecule has 2 fully saturated rings. The first kappa shape index (κ1) is 18.2. The lowest BCUT2D eigenvalue weighted by atomic mass is 9.89. The predicted octanol–water partition coefficient (Wildman–Crippen LogP) is 1.78. The van der Waals surface area contributed by atoms with Crippen LogP contribution >= 0.6 is 0 Å². The molecule has 0 spiro atoms. The number of piperidine rings is 1. The van der Waals surface area contributed by atoms with Crippen LogP contribution in [0, 0.1) is 0 Å². The monoisotopic (exact) mass is 373 g/mol. The van der Waals surface area contributed by atoms with Gasteiger partial charge in [0.25, 0.3) is 0 Å². The molecular weight excluding hydrogens is 346 g/mol. The summed E-state index contributed by atoms with van der Waals surface area (Å²) in [5.74, 6) is -0.649. The van der Waals surface area contributed by atoms with Crippen LogP contribution in [0.25, 0.3) is 0 Å². The van der Waals surface area contributed by atoms with E-state index in [-0.39, 0.29) is 25.5 Å². The zero-order valence-electron chi connectivity index (χ0n) is 15.6. The number of hydrogen-bond donors (Lipinski definition) is 2. The third-order valence-electron chi connectivity index (χ3n) is 6.10. The molecule has 0 unspecified atom stereocenters. The Morgan fingerprint density at radius 3 is 2.52 bits per heavy atom. The minimum Gasteiger partial charge on any atom is -0.481 e. The zero-order valence-corrected chi connectivity index (χ0v) is 15.6. The summed E-state index contributed by atoms with van der Waals surface area (Å²) in [4.78, 5) is 31.6. The summed E-state index contributed by atoms with van der Waals surface area (Å²) in [6.45, 7) is 1.56. The lowest BCUT2D eigenvalue weighted by Crippen LogP contribution is -2.66. The van der Waals surface area contributed by atoms with Crippen molar-refractivity contribution >= 4 is 12.0 Å². The molecule has 2 N–H and O–H groups in total. The lowest BCUT2D eigenvalue weighted by molar-refractivity contribution is -0.150. The van der Waals surface area contributed by atoms with Crippen molar-refractivity contribution in [2.75, 3.05) is 26.2 Å². The highest BCUT2D eigenvalue weighted by Gasteiger charge is 2.46. The summed E-state index contributed by atoms with van der Waals surface area (Å²) >= 11 is 0. The van der Waals surface area contributed by atoms with Gasteiger partial charge >= 0.3 is 12.0 Å². The third kappa shape index (κ3) is 3.78. The van der Waals surface area contributed by atoms with Gasteiger partial charge < -0.3 is 20.0 Å². The Hall–Kier alpha value is -2.15. The number of β-amino-alcohol motifs (C(OH)–C–C–N with tert-alkyl or cyclic N) is 1. The van der Waals surface area contributed by atoms with Gasteiger partial charge in [0.05, 0.1) is 19.5 Å². The van der Waals surface area contributed by atoms with Crippen molar-refractivity contribution in [3.05, 3.63) is 29.1 Å². The van der Waals surface area contributed by atoms with E-state index in [4.69, 9.17) is 10.1 Å². The topological polar surface area (TPSA) is 94.0 Å². The summed E-state index contributed by atoms with van der Waals surface area (Å²) in [7, 11) is 0. The minimum absolute atomic E-state index is 0.0955. The van der Waals surface area contributed by atoms with Gasteiger partial charge in [-0.2, -0.15) is 0 Å². The second kappa shape index (κ2) is 7.11. The maximum atomic E-state index is 12.6. The van der Waals surface area contributed by atoms with E-state index in [2.05, 4.69) is 12.1 Å². The van der Waals surface area contributed by atoms with E-state index in [0.717, 1.165) is 31.4 Å². The molecule has 2 aliphatic heterocycles. The van der Waals surface area contributed by atoms with Gasteiger partial charge in [-0.3, -0.25) is 9.78 Å². The Labute approximate surface area is 159 Å². The van der Waals surface area contributed by atoms with Crippen molar-refractivity contribution in [1.29, 1.82) is 0 Å². The molecule has 3 heterocycles. The summed E-state index contributed by atoms with van der Waals surface area (Å²) in [5.41, 5.74) is 2.54. The SMILES string of the molecule is O=C(O)CC1(O)CN(C(=O)N2CCC(c3ccc4c(n3)CCCC4)CC2)C1. The Kier molecular flexibility index (Phi) is 4.80. The van der Waals surface area contributed by atoms with Crippen LogP contribution in [0.5, 0.6) is 0 Å². The van der Waals surface area contributed by atoms with Crippen LogP contribution in [-0.2, 0) is 17.6 Å². The fourth-order valence-corrected chi connectivity index (χ4v) is 4.59. The molecule has 1 aliphatic carbocycles. The number of urea groups is 1. The van der Waals surface area contributed by atoms with Gasteiger partial charge in [-0.15, -0.1) is 0 Å². The molecule has 0 radical (unpaired) electrons. The molecule has 7 nitrogen and oxygen atoms in total. The molecule has 0 aromatic carbocycles. The number of carboxylic acids is 1. The van der Waals surface area contributed by atoms with Crippen LogP contribution in [0.1, 0.15) is 55.0 Å². The van der Waals surface area contributed by atoms with Crippen molar-refractivity contribution in [2.24, 2.45) is 0 Å². The number of carbonyl (C=O) groups is 2. The van der Waals surface area contributed by atoms with Gasteiger partial charge in [-0.05, 0) is 50.2 Å². The summed E-state index contributed by atoms with van der Waals surface area (Å²) < 4.78 is 0. The van der Waals surface area contributed by atoms with E-state index in [1.54, 1.807) is 4.90 Å². The van der Waals surface area contributed by atoms with E-state index >= 15 is 0 Å². The Morgan fingerprint density at radius 2 is 1.81 bits per heavy atom. The molecule has 1 aromatic rings. The molecule has 2 saturated heterocycles. The van der Waals surface area contributed by atoms with Crippen LogP contribution < -0.4 is 0 Å². The van der Waals surface area contributed by atoms with Crippen LogP contribution in [0.2, 0.25) is 0 Å². The normalized spacial score (nSPS) is 22.1. The number of hydrogen-bond acceptors (Lipinski definition) is 4. The highest BCUT2D eigenvalue weighted by Crippen LogP contribution is 2.31. The molecule has 7 heteroatoms. The largest absolute Gasteiger partial charge is 0.481 e. The quantitative estimate of drug-likeness (QED) is 0.842. The van der Waals surface area contributed by atoms with E-state index in [1.165, 1.54) is 24.1 Å². The van der Waals surface area contributed by atoms with E-state index < -0.39 is 11.6 Å². The van der Waals surface area contributed by atoms with Crippen LogP contribution in [0.4, 0.5) is 4.79 Å². The molecule has 0 atom stereocenters. The Morgan fingerprint density at radius 1 is 1.11 bits per heavy atom. The van der Waals surface area contributed by atoms with Crippen molar-refractivity contribution in [2.45, 2.75) is 56.5 Å². The average molecular weight is 373 g/mol. The average Bonchev–Trinajstić information content (AvgIpc) is 2.64. The molecule has 146 valence electrons. The van der Waals surface area contributed by atoms with Crippen molar-refractivity contribution in [3.63, 3.8) is 0 Å². The summed E-state index contributed by atoms with van der Waals surface area (Å²) in [6.07, 6.45) is 6.17. The first-order valence-corrected chi connectivity index (χ1v) is 9.90. The van der Waals surface area contributed by atoms with E-state index in [1.807, 2.05) is 4.90 Å². The highest BCUT2D eigenvalue weighted by molar-refractivity contribution is 5.77. The number of aryl methyl sites for hydroxylation is 2. The number of rotatable bonds is 3. The van der Waals surface area contributed by atoms with Crippen molar-refractivity contribution in [3.8, 4) is 0 Å². The molecule has 2 amide bonds. The van der Waals surface area contributed by atoms with Crippen LogP contribution in [-0.4, -0.2) is 68.8 Å². The Balaban J connectivity index is 1.30. The summed E-state index contributed by atoms with van der Waals surface area (Å²) in [6, 6.07) is 4.30. The molecule has 3 aliphatic rings. The molecule has 4 rings (SSSR count). The molecule has 1 aromatic heterocycles. The molecular formula is C20H27N3O4. The predicted molar refractivity (Wildman–Crippen MR) is 98.6 cm³/mol. The lowest BCUT2D eigenvalue weighted by Gasteiger charge is -2.48. The van der Waals surface area contributed by atoms with Crippen molar-refractivity contribution in [1.82, 2.24) is 14.8 Å². The van der Waals surface area contributed by atoms with E-state index in [9.17, 15) is 14.7 Å². The number of amides is 2. The number of carboxylic acid groups (broad SMARTS) is 1. The number of aliphatic carboxylic acids is 1. The Bertz CT molecular complexity index is 737. The standard InChI is InChI=1S/C20H27N3O4/c24-18(25)11-20(27)12-23(13-20)19(26)22-9-7-15(8-10-22)17-6-5-14-3-1-2-4-16(14)21-17/h5-6,15,27H,1-4,7-13H2,(H,24,25). The van der Waals surface area contributed by atoms with Gasteiger partial charge in [0.1, 0.15) is 5.60 Å². The fourth-order valence-electron chi connectivity index (χ4n) is 4.59. The number of carbonyl (C=O) groups excluding carboxylic acids is 1. The molecule has 0 saturated carbocycles. The van der Waals surface area contributed by atoms with E-state index in [0.29, 0.717) is 19.0 Å². The van der Waals surface area contributed by atoms with Gasteiger partial charge in [-0.1, -0.05) is 6.07 Å². The van der Waals surface area contributed by atoms with Gasteiger partial charge in [-0.25, -0.2) is 4.79 Å². The van der Waals surface area contributed by atoms with Crippen molar-refractivity contribution < 1.29 is 19.8 Å². The van der Waals surface area contributed by atoms with Crippen LogP contribution in [0.15, 0.2) is 12.1 Å². The van der Waals surface area contributed by atoms with Gasteiger partial charge in [0, 0.05) is 30.4 Å². The number of aromatic nitrogens is 1. The summed E-state index contributed by atoms with van der Waals surface area (Å²) in [5, 5.41) is 18.9.